The van der Waals surface area contributed by atoms with E-state index in [1.54, 1.807) is 21.0 Å². The molecule has 0 unspecified atom stereocenters. The minimum Gasteiger partial charge on any atom is -0.412 e. The molecule has 0 amide bonds. The number of aliphatic hydroxyl groups is 3. The van der Waals surface area contributed by atoms with Gasteiger partial charge in [0.05, 0.1) is 24.3 Å². The number of halogens is 1. The van der Waals surface area contributed by atoms with Crippen LogP contribution in [0.5, 0.6) is 0 Å². The van der Waals surface area contributed by atoms with Crippen LogP contribution in [0.15, 0.2) is 0 Å². The molecule has 3 aliphatic rings. The fourth-order valence-corrected chi connectivity index (χ4v) is 3.68. The molecule has 14 nitrogen and oxygen atoms in total. The Hall–Kier alpha value is -0.560. The first kappa shape index (κ1) is 35.9. The lowest BCUT2D eigenvalue weighted by Gasteiger charge is -2.55. The highest BCUT2D eigenvalue weighted by molar-refractivity contribution is 5.87. The van der Waals surface area contributed by atoms with E-state index < -0.39 is 60.5 Å². The molecule has 0 aromatic heterocycles. The Balaban J connectivity index is -0.000000521. The summed E-state index contributed by atoms with van der Waals surface area (Å²) in [7, 11) is 3.24. The standard InChI is InChI=1S/C14H24N2O7.ClH.5H2O/c1-5-4-6(17)14(20)13(21-5)22-12-10(19)7(15-2)9(18)8(16-3)11(12)23-14;;;;;;/h5,7-13,15-16,18-20H,4H2,1-3H3;1H;5*1H2/t5-,7-,8+,9+,10+,11-,12-,13+,14+;;;;;;/m1....../s1. The quantitative estimate of drug-likeness (QED) is 0.262. The molecular weight excluding hydrogens is 424 g/mol. The van der Waals surface area contributed by atoms with Gasteiger partial charge in [0, 0.05) is 6.42 Å². The van der Waals surface area contributed by atoms with Gasteiger partial charge in [-0.2, -0.15) is 0 Å². The molecule has 1 saturated carbocycles. The number of carbonyl (C=O) groups is 1. The Morgan fingerprint density at radius 1 is 0.931 bits per heavy atom. The predicted molar refractivity (Wildman–Crippen MR) is 102 cm³/mol. The molecule has 180 valence electrons. The molecule has 3 rings (SSSR count). The van der Waals surface area contributed by atoms with Crippen molar-refractivity contribution in [1.82, 2.24) is 10.6 Å². The number of hydrogen-bond donors (Lipinski definition) is 5. The van der Waals surface area contributed by atoms with E-state index in [-0.39, 0.29) is 46.2 Å². The highest BCUT2D eigenvalue weighted by atomic mass is 35.5. The SMILES string of the molecule is CN[C@@H]1[C@H](O)[C@H](NC)[C@H]2O[C@@]3(O)C(=O)C[C@@H](C)O[C@H]3O[C@@H]2[C@H]1O.Cl.O.O.O.O.O. The van der Waals surface area contributed by atoms with Crippen molar-refractivity contribution in [3.8, 4) is 0 Å². The highest BCUT2D eigenvalue weighted by Gasteiger charge is 2.63. The zero-order valence-electron chi connectivity index (χ0n) is 16.2. The van der Waals surface area contributed by atoms with E-state index in [2.05, 4.69) is 10.6 Å². The minimum atomic E-state index is -2.23. The lowest BCUT2D eigenvalue weighted by atomic mass is 9.80. The average molecular weight is 459 g/mol. The van der Waals surface area contributed by atoms with Crippen LogP contribution in [0.3, 0.4) is 0 Å². The third-order valence-corrected chi connectivity index (χ3v) is 4.93. The molecule has 9 atom stereocenters. The zero-order valence-corrected chi connectivity index (χ0v) is 17.0. The van der Waals surface area contributed by atoms with Gasteiger partial charge in [-0.05, 0) is 21.0 Å². The number of rotatable bonds is 2. The second-order valence-corrected chi connectivity index (χ2v) is 6.40. The fourth-order valence-electron chi connectivity index (χ4n) is 3.68. The summed E-state index contributed by atoms with van der Waals surface area (Å²) in [4.78, 5) is 12.2. The number of ether oxygens (including phenoxy) is 3. The molecule has 15 heteroatoms. The van der Waals surface area contributed by atoms with E-state index in [9.17, 15) is 20.1 Å². The van der Waals surface area contributed by atoms with Crippen molar-refractivity contribution >= 4 is 18.2 Å². The Morgan fingerprint density at radius 2 is 1.45 bits per heavy atom. The van der Waals surface area contributed by atoms with E-state index in [1.165, 1.54) is 0 Å². The average Bonchev–Trinajstić information content (AvgIpc) is 2.49. The van der Waals surface area contributed by atoms with Gasteiger partial charge in [-0.3, -0.25) is 4.79 Å². The summed E-state index contributed by atoms with van der Waals surface area (Å²) in [6, 6.07) is -1.29. The highest BCUT2D eigenvalue weighted by Crippen LogP contribution is 2.40. The topological polar surface area (TPSA) is 287 Å². The van der Waals surface area contributed by atoms with E-state index in [0.717, 1.165) is 0 Å². The maximum absolute atomic E-state index is 12.2. The predicted octanol–water partition coefficient (Wildman–Crippen LogP) is -6.63. The van der Waals surface area contributed by atoms with E-state index >= 15 is 0 Å². The van der Waals surface area contributed by atoms with Crippen LogP contribution in [-0.4, -0.2) is 117 Å². The smallest absolute Gasteiger partial charge is 0.280 e. The molecule has 0 bridgehead atoms. The number of likely N-dealkylation sites (N-methyl/N-ethyl adjacent to an activating group) is 2. The number of ketones is 1. The minimum absolute atomic E-state index is 0. The Morgan fingerprint density at radius 3 is 1.93 bits per heavy atom. The number of nitrogens with one attached hydrogen (secondary N) is 2. The van der Waals surface area contributed by atoms with Gasteiger partial charge in [0.25, 0.3) is 5.79 Å². The molecule has 1 aliphatic carbocycles. The van der Waals surface area contributed by atoms with Crippen LogP contribution in [0.25, 0.3) is 0 Å². The first-order valence-electron chi connectivity index (χ1n) is 7.78. The summed E-state index contributed by atoms with van der Waals surface area (Å²) in [6.07, 6.45) is -5.58. The molecule has 0 aromatic rings. The first-order chi connectivity index (χ1) is 10.8. The Bertz CT molecular complexity index is 492. The summed E-state index contributed by atoms with van der Waals surface area (Å²) in [5.41, 5.74) is 0. The molecule has 0 spiro atoms. The molecule has 2 heterocycles. The molecule has 0 aromatic carbocycles. The third-order valence-electron chi connectivity index (χ3n) is 4.93. The number of aliphatic hydroxyl groups excluding tert-OH is 2. The van der Waals surface area contributed by atoms with Crippen LogP contribution in [0.4, 0.5) is 0 Å². The van der Waals surface area contributed by atoms with Crippen molar-refractivity contribution in [1.29, 1.82) is 0 Å². The van der Waals surface area contributed by atoms with E-state index in [4.69, 9.17) is 14.2 Å². The number of Topliss-reactive ketones (excluding diaryl/α,β-unsaturated/α-hetero) is 1. The summed E-state index contributed by atoms with van der Waals surface area (Å²) in [5, 5.41) is 37.2. The summed E-state index contributed by atoms with van der Waals surface area (Å²) >= 11 is 0. The van der Waals surface area contributed by atoms with Gasteiger partial charge >= 0.3 is 0 Å². The third kappa shape index (κ3) is 5.57. The second-order valence-electron chi connectivity index (χ2n) is 6.40. The monoisotopic (exact) mass is 458 g/mol. The van der Waals surface area contributed by atoms with Crippen molar-refractivity contribution in [2.24, 2.45) is 0 Å². The van der Waals surface area contributed by atoms with Crippen LogP contribution >= 0.6 is 12.4 Å². The van der Waals surface area contributed by atoms with Gasteiger partial charge in [-0.1, -0.05) is 0 Å². The molecule has 3 fully saturated rings. The van der Waals surface area contributed by atoms with Crippen LogP contribution in [-0.2, 0) is 19.0 Å². The molecule has 2 aliphatic heterocycles. The molecule has 0 radical (unpaired) electrons. The van der Waals surface area contributed by atoms with E-state index in [1.807, 2.05) is 0 Å². The number of carbonyl (C=O) groups excluding carboxylic acids is 1. The lowest BCUT2D eigenvalue weighted by molar-refractivity contribution is -0.420. The number of fused-ring (bicyclic) bond motifs is 2. The lowest BCUT2D eigenvalue weighted by Crippen LogP contribution is -2.77. The van der Waals surface area contributed by atoms with Gasteiger partial charge in [0.1, 0.15) is 18.3 Å². The van der Waals surface area contributed by atoms with Crippen LogP contribution in [0, 0.1) is 0 Å². The zero-order chi connectivity index (χ0) is 16.9. The van der Waals surface area contributed by atoms with Gasteiger partial charge in [-0.15, -0.1) is 12.4 Å². The molecule has 2 saturated heterocycles. The van der Waals surface area contributed by atoms with Crippen molar-refractivity contribution in [2.75, 3.05) is 14.1 Å². The van der Waals surface area contributed by atoms with Crippen molar-refractivity contribution < 1.29 is 61.7 Å². The largest absolute Gasteiger partial charge is 0.412 e. The molecular formula is C14H35ClN2O12. The Labute approximate surface area is 173 Å². The van der Waals surface area contributed by atoms with Crippen LogP contribution in [0.1, 0.15) is 13.3 Å². The van der Waals surface area contributed by atoms with Crippen molar-refractivity contribution in [3.63, 3.8) is 0 Å². The van der Waals surface area contributed by atoms with E-state index in [0.29, 0.717) is 0 Å². The fraction of sp³-hybridized carbons (Fsp3) is 0.929. The second kappa shape index (κ2) is 13.0. The van der Waals surface area contributed by atoms with Gasteiger partial charge in [0.15, 0.2) is 5.78 Å². The van der Waals surface area contributed by atoms with Crippen LogP contribution in [0.2, 0.25) is 0 Å². The Kier molecular flexibility index (Phi) is 16.0. The molecule has 15 N–H and O–H groups in total. The molecule has 29 heavy (non-hydrogen) atoms. The van der Waals surface area contributed by atoms with Crippen molar-refractivity contribution in [3.05, 3.63) is 0 Å². The summed E-state index contributed by atoms with van der Waals surface area (Å²) < 4.78 is 16.8. The summed E-state index contributed by atoms with van der Waals surface area (Å²) in [6.45, 7) is 1.70. The van der Waals surface area contributed by atoms with Crippen molar-refractivity contribution in [2.45, 2.75) is 68.0 Å². The van der Waals surface area contributed by atoms with Gasteiger partial charge < -0.3 is 67.5 Å². The maximum Gasteiger partial charge on any atom is 0.280 e. The maximum atomic E-state index is 12.2. The number of hydrogen-bond acceptors (Lipinski definition) is 9. The summed E-state index contributed by atoms with van der Waals surface area (Å²) in [5.74, 6) is -2.76. The first-order valence-corrected chi connectivity index (χ1v) is 7.78. The normalized spacial score (nSPS) is 42.5. The van der Waals surface area contributed by atoms with Gasteiger partial charge in [0.2, 0.25) is 6.29 Å². The van der Waals surface area contributed by atoms with Gasteiger partial charge in [-0.25, -0.2) is 0 Å². The van der Waals surface area contributed by atoms with Crippen LogP contribution < -0.4 is 10.6 Å².